The molecule has 0 spiro atoms. The first-order valence-corrected chi connectivity index (χ1v) is 5.59. The van der Waals surface area contributed by atoms with Crippen LogP contribution in [0.1, 0.15) is 0 Å². The van der Waals surface area contributed by atoms with Crippen LogP contribution >= 0.6 is 0 Å². The highest BCUT2D eigenvalue weighted by atomic mass is 16.5. The van der Waals surface area contributed by atoms with Gasteiger partial charge in [0.15, 0.2) is 0 Å². The highest BCUT2D eigenvalue weighted by Gasteiger charge is 2.05. The first kappa shape index (κ1) is 14.7. The summed E-state index contributed by atoms with van der Waals surface area (Å²) in [4.78, 5) is 0. The molecule has 0 aliphatic rings. The smallest absolute Gasteiger partial charge is 0.119 e. The highest BCUT2D eigenvalue weighted by molar-refractivity contribution is 5.31. The summed E-state index contributed by atoms with van der Waals surface area (Å²) in [6.07, 6.45) is -1.80. The van der Waals surface area contributed by atoms with Gasteiger partial charge in [0.2, 0.25) is 0 Å². The van der Waals surface area contributed by atoms with Gasteiger partial charge in [-0.15, -0.1) is 0 Å². The fourth-order valence-corrected chi connectivity index (χ4v) is 1.12. The van der Waals surface area contributed by atoms with Crippen LogP contribution in [-0.4, -0.2) is 59.1 Å². The zero-order valence-electron chi connectivity index (χ0n) is 9.90. The van der Waals surface area contributed by atoms with Gasteiger partial charge in [-0.25, -0.2) is 0 Å². The van der Waals surface area contributed by atoms with Crippen LogP contribution in [0.2, 0.25) is 0 Å². The Bertz CT molecular complexity index is 293. The molecule has 18 heavy (non-hydrogen) atoms. The predicted octanol–water partition coefficient (Wildman–Crippen LogP) is -0.849. The van der Waals surface area contributed by atoms with Gasteiger partial charge in [0, 0.05) is 0 Å². The summed E-state index contributed by atoms with van der Waals surface area (Å²) >= 11 is 0. The second kappa shape index (κ2) is 7.88. The average Bonchev–Trinajstić information content (AvgIpc) is 2.43. The lowest BCUT2D eigenvalue weighted by Gasteiger charge is -2.12. The molecule has 6 nitrogen and oxygen atoms in total. The summed E-state index contributed by atoms with van der Waals surface area (Å²) in [7, 11) is 0. The van der Waals surface area contributed by atoms with E-state index >= 15 is 0 Å². The predicted molar refractivity (Wildman–Crippen MR) is 63.6 cm³/mol. The van der Waals surface area contributed by atoms with E-state index in [1.165, 1.54) is 0 Å². The minimum Gasteiger partial charge on any atom is -0.491 e. The van der Waals surface area contributed by atoms with Crippen molar-refractivity contribution in [3.8, 4) is 11.5 Å². The van der Waals surface area contributed by atoms with Gasteiger partial charge in [0.25, 0.3) is 0 Å². The topological polar surface area (TPSA) is 99.4 Å². The summed E-state index contributed by atoms with van der Waals surface area (Å²) in [5.74, 6) is 1.08. The Labute approximate surface area is 105 Å². The molecule has 0 saturated carbocycles. The number of hydrogen-bond acceptors (Lipinski definition) is 6. The fourth-order valence-electron chi connectivity index (χ4n) is 1.12. The fraction of sp³-hybridized carbons (Fsp3) is 0.500. The number of aliphatic hydroxyl groups excluding tert-OH is 4. The van der Waals surface area contributed by atoms with Crippen LogP contribution in [0.4, 0.5) is 0 Å². The average molecular weight is 258 g/mol. The summed E-state index contributed by atoms with van der Waals surface area (Å²) in [5.41, 5.74) is 0. The van der Waals surface area contributed by atoms with Crippen LogP contribution < -0.4 is 9.47 Å². The maximum Gasteiger partial charge on any atom is 0.119 e. The molecular formula is C12H18O6. The van der Waals surface area contributed by atoms with Crippen molar-refractivity contribution in [3.05, 3.63) is 24.3 Å². The Hall–Kier alpha value is -1.34. The van der Waals surface area contributed by atoms with Gasteiger partial charge in [-0.2, -0.15) is 0 Å². The molecule has 0 bridgehead atoms. The van der Waals surface area contributed by atoms with Crippen LogP contribution in [0, 0.1) is 0 Å². The monoisotopic (exact) mass is 258 g/mol. The quantitative estimate of drug-likeness (QED) is 0.485. The maximum atomic E-state index is 9.10. The summed E-state index contributed by atoms with van der Waals surface area (Å²) in [6.45, 7) is -0.666. The molecule has 0 amide bonds. The molecular weight excluding hydrogens is 240 g/mol. The number of benzene rings is 1. The van der Waals surface area contributed by atoms with Crippen molar-refractivity contribution >= 4 is 0 Å². The maximum absolute atomic E-state index is 9.10. The number of ether oxygens (including phenoxy) is 2. The van der Waals surface area contributed by atoms with Gasteiger partial charge in [0.1, 0.15) is 36.9 Å². The van der Waals surface area contributed by atoms with Crippen molar-refractivity contribution < 1.29 is 29.9 Å². The number of aliphatic hydroxyl groups is 4. The standard InChI is InChI=1S/C12H18O6/c13-5-9(15)7-17-11-1-2-12(4-3-11)18-8-10(16)6-14/h1-4,9-10,13-16H,5-8H2/t9-,10-/m0/s1. The van der Waals surface area contributed by atoms with E-state index in [4.69, 9.17) is 29.9 Å². The van der Waals surface area contributed by atoms with Crippen molar-refractivity contribution in [2.45, 2.75) is 12.2 Å². The van der Waals surface area contributed by atoms with Crippen molar-refractivity contribution in [3.63, 3.8) is 0 Å². The lowest BCUT2D eigenvalue weighted by atomic mass is 10.3. The van der Waals surface area contributed by atoms with Gasteiger partial charge in [0.05, 0.1) is 13.2 Å². The molecule has 2 atom stereocenters. The van der Waals surface area contributed by atoms with E-state index in [1.54, 1.807) is 24.3 Å². The van der Waals surface area contributed by atoms with Crippen molar-refractivity contribution in [1.82, 2.24) is 0 Å². The zero-order valence-corrected chi connectivity index (χ0v) is 9.90. The molecule has 0 aliphatic heterocycles. The normalized spacial score (nSPS) is 14.0. The summed E-state index contributed by atoms with van der Waals surface area (Å²) in [6, 6.07) is 6.57. The molecule has 4 N–H and O–H groups in total. The van der Waals surface area contributed by atoms with Gasteiger partial charge < -0.3 is 29.9 Å². The lowest BCUT2D eigenvalue weighted by Crippen LogP contribution is -2.21. The third-order valence-corrected chi connectivity index (χ3v) is 2.13. The van der Waals surface area contributed by atoms with Gasteiger partial charge in [-0.05, 0) is 24.3 Å². The van der Waals surface area contributed by atoms with Gasteiger partial charge >= 0.3 is 0 Å². The van der Waals surface area contributed by atoms with Crippen LogP contribution in [0.25, 0.3) is 0 Å². The van der Waals surface area contributed by atoms with Crippen molar-refractivity contribution in [2.24, 2.45) is 0 Å². The molecule has 0 unspecified atom stereocenters. The Kier molecular flexibility index (Phi) is 6.45. The molecule has 1 aromatic carbocycles. The van der Waals surface area contributed by atoms with E-state index in [2.05, 4.69) is 0 Å². The third-order valence-electron chi connectivity index (χ3n) is 2.13. The lowest BCUT2D eigenvalue weighted by molar-refractivity contribution is 0.0524. The van der Waals surface area contributed by atoms with Gasteiger partial charge in [-0.1, -0.05) is 0 Å². The van der Waals surface area contributed by atoms with Gasteiger partial charge in [-0.3, -0.25) is 0 Å². The molecule has 6 heteroatoms. The first-order chi connectivity index (χ1) is 8.65. The van der Waals surface area contributed by atoms with Crippen LogP contribution in [0.5, 0.6) is 11.5 Å². The molecule has 102 valence electrons. The Morgan fingerprint density at radius 1 is 0.778 bits per heavy atom. The second-order valence-corrected chi connectivity index (χ2v) is 3.77. The Morgan fingerprint density at radius 3 is 1.39 bits per heavy atom. The van der Waals surface area contributed by atoms with E-state index in [0.717, 1.165) is 0 Å². The minimum absolute atomic E-state index is 0.0138. The Morgan fingerprint density at radius 2 is 1.11 bits per heavy atom. The van der Waals surface area contributed by atoms with E-state index < -0.39 is 12.2 Å². The summed E-state index contributed by atoms with van der Waals surface area (Å²) < 4.78 is 10.4. The van der Waals surface area contributed by atoms with E-state index in [-0.39, 0.29) is 26.4 Å². The molecule has 0 aliphatic carbocycles. The second-order valence-electron chi connectivity index (χ2n) is 3.77. The molecule has 1 aromatic rings. The van der Waals surface area contributed by atoms with Crippen LogP contribution in [0.15, 0.2) is 24.3 Å². The van der Waals surface area contributed by atoms with Crippen molar-refractivity contribution in [1.29, 1.82) is 0 Å². The number of rotatable bonds is 8. The highest BCUT2D eigenvalue weighted by Crippen LogP contribution is 2.17. The van der Waals surface area contributed by atoms with E-state index in [1.807, 2.05) is 0 Å². The zero-order chi connectivity index (χ0) is 13.4. The minimum atomic E-state index is -0.902. The Balaban J connectivity index is 2.37. The number of hydrogen-bond donors (Lipinski definition) is 4. The molecule has 0 fully saturated rings. The van der Waals surface area contributed by atoms with Crippen LogP contribution in [-0.2, 0) is 0 Å². The van der Waals surface area contributed by atoms with Crippen molar-refractivity contribution in [2.75, 3.05) is 26.4 Å². The largest absolute Gasteiger partial charge is 0.491 e. The first-order valence-electron chi connectivity index (χ1n) is 5.59. The van der Waals surface area contributed by atoms with E-state index in [0.29, 0.717) is 11.5 Å². The molecule has 1 rings (SSSR count). The molecule has 0 radical (unpaired) electrons. The summed E-state index contributed by atoms with van der Waals surface area (Å²) in [5, 5.41) is 35.4. The SMILES string of the molecule is OC[C@H](O)COc1ccc(OC[C@@H](O)CO)cc1. The molecule has 0 saturated heterocycles. The molecule has 0 aromatic heterocycles. The van der Waals surface area contributed by atoms with Crippen LogP contribution in [0.3, 0.4) is 0 Å². The third kappa shape index (κ3) is 5.33. The van der Waals surface area contributed by atoms with E-state index in [9.17, 15) is 0 Å². The molecule has 0 heterocycles.